The molecule has 0 aromatic heterocycles. The Labute approximate surface area is 152 Å². The van der Waals surface area contributed by atoms with Crippen molar-refractivity contribution in [3.8, 4) is 5.75 Å². The van der Waals surface area contributed by atoms with E-state index in [1.165, 1.54) is 18.8 Å². The number of rotatable bonds is 7. The van der Waals surface area contributed by atoms with Crippen LogP contribution >= 0.6 is 11.8 Å². The summed E-state index contributed by atoms with van der Waals surface area (Å²) < 4.78 is 31.1. The second-order valence-electron chi connectivity index (χ2n) is 5.21. The molecule has 2 aromatic rings. The van der Waals surface area contributed by atoms with Crippen molar-refractivity contribution < 1.29 is 17.9 Å². The quantitative estimate of drug-likeness (QED) is 0.748. The van der Waals surface area contributed by atoms with E-state index in [1.807, 2.05) is 6.26 Å². The lowest BCUT2D eigenvalue weighted by Gasteiger charge is -2.17. The van der Waals surface area contributed by atoms with Crippen LogP contribution in [0.5, 0.6) is 5.75 Å². The molecule has 2 aromatic carbocycles. The van der Waals surface area contributed by atoms with Crippen LogP contribution < -0.4 is 10.1 Å². The minimum Gasteiger partial charge on any atom is -0.497 e. The summed E-state index contributed by atoms with van der Waals surface area (Å²) in [7, 11) is -0.784. The molecule has 8 heteroatoms. The van der Waals surface area contributed by atoms with Gasteiger partial charge < -0.3 is 10.1 Å². The number of carbonyl (C=O) groups is 1. The van der Waals surface area contributed by atoms with Crippen molar-refractivity contribution in [2.45, 2.75) is 9.79 Å². The lowest BCUT2D eigenvalue weighted by molar-refractivity contribution is -0.116. The van der Waals surface area contributed by atoms with Gasteiger partial charge >= 0.3 is 0 Å². The molecular formula is C17H20N2O4S2. The number of hydrogen-bond donors (Lipinski definition) is 1. The first-order valence-corrected chi connectivity index (χ1v) is 10.1. The Balaban J connectivity index is 2.03. The number of amides is 1. The molecule has 25 heavy (non-hydrogen) atoms. The van der Waals surface area contributed by atoms with Gasteiger partial charge in [0.2, 0.25) is 15.9 Å². The van der Waals surface area contributed by atoms with Crippen LogP contribution in [-0.4, -0.2) is 45.6 Å². The molecule has 6 nitrogen and oxygen atoms in total. The van der Waals surface area contributed by atoms with Crippen molar-refractivity contribution in [1.82, 2.24) is 4.31 Å². The molecule has 0 unspecified atom stereocenters. The zero-order valence-corrected chi connectivity index (χ0v) is 15.9. The number of ether oxygens (including phenoxy) is 1. The standard InChI is InChI=1S/C17H20N2O4S2/c1-19(25(21,22)16-10-8-15(24-3)9-11-16)12-17(20)18-13-4-6-14(23-2)7-5-13/h4-11H,12H2,1-3H3,(H,18,20). The van der Waals surface area contributed by atoms with Gasteiger partial charge in [0.15, 0.2) is 0 Å². The van der Waals surface area contributed by atoms with Crippen LogP contribution in [0.15, 0.2) is 58.3 Å². The van der Waals surface area contributed by atoms with Gasteiger partial charge in [-0.05, 0) is 54.8 Å². The van der Waals surface area contributed by atoms with Gasteiger partial charge in [-0.15, -0.1) is 11.8 Å². The maximum Gasteiger partial charge on any atom is 0.243 e. The van der Waals surface area contributed by atoms with Gasteiger partial charge in [0.25, 0.3) is 0 Å². The van der Waals surface area contributed by atoms with Crippen LogP contribution in [0, 0.1) is 0 Å². The van der Waals surface area contributed by atoms with E-state index in [2.05, 4.69) is 5.32 Å². The molecule has 0 radical (unpaired) electrons. The molecule has 2 rings (SSSR count). The zero-order valence-electron chi connectivity index (χ0n) is 14.2. The Morgan fingerprint density at radius 2 is 1.72 bits per heavy atom. The highest BCUT2D eigenvalue weighted by Gasteiger charge is 2.22. The van der Waals surface area contributed by atoms with E-state index in [9.17, 15) is 13.2 Å². The summed E-state index contributed by atoms with van der Waals surface area (Å²) in [5.41, 5.74) is 0.570. The molecule has 0 saturated carbocycles. The first-order valence-electron chi connectivity index (χ1n) is 7.41. The van der Waals surface area contributed by atoms with E-state index in [-0.39, 0.29) is 11.4 Å². The molecule has 0 bridgehead atoms. The Hall–Kier alpha value is -2.03. The summed E-state index contributed by atoms with van der Waals surface area (Å²) >= 11 is 1.53. The lowest BCUT2D eigenvalue weighted by Crippen LogP contribution is -2.34. The molecule has 0 aliphatic carbocycles. The van der Waals surface area contributed by atoms with E-state index < -0.39 is 15.9 Å². The molecule has 134 valence electrons. The van der Waals surface area contributed by atoms with E-state index >= 15 is 0 Å². The highest BCUT2D eigenvalue weighted by molar-refractivity contribution is 7.98. The molecule has 0 fully saturated rings. The largest absolute Gasteiger partial charge is 0.497 e. The molecule has 1 amide bonds. The number of hydrogen-bond acceptors (Lipinski definition) is 5. The van der Waals surface area contributed by atoms with Crippen molar-refractivity contribution in [3.05, 3.63) is 48.5 Å². The van der Waals surface area contributed by atoms with Gasteiger partial charge in [0.1, 0.15) is 5.75 Å². The van der Waals surface area contributed by atoms with Crippen LogP contribution in [0.4, 0.5) is 5.69 Å². The number of sulfonamides is 1. The van der Waals surface area contributed by atoms with Crippen LogP contribution in [0.3, 0.4) is 0 Å². The number of anilines is 1. The Kier molecular flexibility index (Phi) is 6.46. The highest BCUT2D eigenvalue weighted by atomic mass is 32.2. The van der Waals surface area contributed by atoms with Crippen LogP contribution in [0.1, 0.15) is 0 Å². The molecule has 0 spiro atoms. The summed E-state index contributed by atoms with van der Waals surface area (Å²) in [5.74, 6) is 0.253. The third kappa shape index (κ3) is 4.97. The average molecular weight is 380 g/mol. The van der Waals surface area contributed by atoms with Gasteiger partial charge in [-0.25, -0.2) is 8.42 Å². The van der Waals surface area contributed by atoms with E-state index in [0.29, 0.717) is 11.4 Å². The molecule has 0 heterocycles. The maximum atomic E-state index is 12.5. The summed E-state index contributed by atoms with van der Waals surface area (Å²) in [5, 5.41) is 2.66. The third-order valence-electron chi connectivity index (χ3n) is 3.51. The molecule has 0 aliphatic rings. The van der Waals surface area contributed by atoms with Crippen LogP contribution in [0.25, 0.3) is 0 Å². The summed E-state index contributed by atoms with van der Waals surface area (Å²) in [6.07, 6.45) is 1.92. The number of benzene rings is 2. The predicted octanol–water partition coefficient (Wildman–Crippen LogP) is 2.68. The summed E-state index contributed by atoms with van der Waals surface area (Å²) in [6, 6.07) is 13.4. The van der Waals surface area contributed by atoms with Crippen molar-refractivity contribution >= 4 is 33.4 Å². The van der Waals surface area contributed by atoms with Crippen molar-refractivity contribution in [2.75, 3.05) is 32.3 Å². The second kappa shape index (κ2) is 8.37. The maximum absolute atomic E-state index is 12.5. The fourth-order valence-electron chi connectivity index (χ4n) is 2.09. The Morgan fingerprint density at radius 1 is 1.12 bits per heavy atom. The number of methoxy groups -OCH3 is 1. The van der Waals surface area contributed by atoms with Gasteiger partial charge in [-0.3, -0.25) is 4.79 Å². The number of carbonyl (C=O) groups excluding carboxylic acids is 1. The van der Waals surface area contributed by atoms with E-state index in [4.69, 9.17) is 4.74 Å². The minimum absolute atomic E-state index is 0.157. The van der Waals surface area contributed by atoms with E-state index in [1.54, 1.807) is 55.6 Å². The first kappa shape index (κ1) is 19.3. The number of nitrogens with zero attached hydrogens (tertiary/aromatic N) is 1. The smallest absolute Gasteiger partial charge is 0.243 e. The molecular weight excluding hydrogens is 360 g/mol. The van der Waals surface area contributed by atoms with Crippen molar-refractivity contribution in [2.24, 2.45) is 0 Å². The molecule has 0 saturated heterocycles. The lowest BCUT2D eigenvalue weighted by atomic mass is 10.3. The minimum atomic E-state index is -3.72. The SMILES string of the molecule is COc1ccc(NC(=O)CN(C)S(=O)(=O)c2ccc(SC)cc2)cc1. The molecule has 0 atom stereocenters. The topological polar surface area (TPSA) is 75.7 Å². The Bertz CT molecular complexity index is 819. The van der Waals surface area contributed by atoms with Crippen LogP contribution in [-0.2, 0) is 14.8 Å². The average Bonchev–Trinajstić information content (AvgIpc) is 2.62. The molecule has 0 aliphatic heterocycles. The van der Waals surface area contributed by atoms with Crippen molar-refractivity contribution in [3.63, 3.8) is 0 Å². The number of nitrogens with one attached hydrogen (secondary N) is 1. The third-order valence-corrected chi connectivity index (χ3v) is 6.07. The monoisotopic (exact) mass is 380 g/mol. The first-order chi connectivity index (χ1) is 11.9. The molecule has 1 N–H and O–H groups in total. The second-order valence-corrected chi connectivity index (χ2v) is 8.14. The van der Waals surface area contributed by atoms with Crippen LogP contribution in [0.2, 0.25) is 0 Å². The predicted molar refractivity (Wildman–Crippen MR) is 99.7 cm³/mol. The fourth-order valence-corrected chi connectivity index (χ4v) is 3.63. The van der Waals surface area contributed by atoms with E-state index in [0.717, 1.165) is 9.20 Å². The fraction of sp³-hybridized carbons (Fsp3) is 0.235. The number of thioether (sulfide) groups is 1. The number of likely N-dealkylation sites (N-methyl/N-ethyl adjacent to an activating group) is 1. The van der Waals surface area contributed by atoms with Gasteiger partial charge in [0.05, 0.1) is 18.6 Å². The summed E-state index contributed by atoms with van der Waals surface area (Å²) in [6.45, 7) is -0.279. The normalized spacial score (nSPS) is 11.4. The summed E-state index contributed by atoms with van der Waals surface area (Å²) in [4.78, 5) is 13.2. The zero-order chi connectivity index (χ0) is 18.4. The van der Waals surface area contributed by atoms with Gasteiger partial charge in [0, 0.05) is 17.6 Å². The van der Waals surface area contributed by atoms with Gasteiger partial charge in [-0.1, -0.05) is 0 Å². The van der Waals surface area contributed by atoms with Gasteiger partial charge in [-0.2, -0.15) is 4.31 Å². The van der Waals surface area contributed by atoms with Crippen molar-refractivity contribution in [1.29, 1.82) is 0 Å². The highest BCUT2D eigenvalue weighted by Crippen LogP contribution is 2.20. The Morgan fingerprint density at radius 3 is 2.24 bits per heavy atom.